The van der Waals surface area contributed by atoms with Gasteiger partial charge in [0, 0.05) is 32.7 Å². The first kappa shape index (κ1) is 23.6. The molecule has 1 saturated heterocycles. The molecule has 0 atom stereocenters. The van der Waals surface area contributed by atoms with Crippen molar-refractivity contribution < 1.29 is 13.9 Å². The average molecular weight is 516 g/mol. The van der Waals surface area contributed by atoms with Crippen LogP contribution >= 0.6 is 15.9 Å². The van der Waals surface area contributed by atoms with E-state index in [9.17, 15) is 13.9 Å². The lowest BCUT2D eigenvalue weighted by Gasteiger charge is -2.46. The minimum atomic E-state index is -0.914. The molecule has 0 saturated carbocycles. The lowest BCUT2D eigenvalue weighted by molar-refractivity contribution is 0.170. The van der Waals surface area contributed by atoms with Gasteiger partial charge in [-0.2, -0.15) is 0 Å². The third-order valence-electron chi connectivity index (χ3n) is 5.86. The first-order chi connectivity index (χ1) is 15.4. The smallest absolute Gasteiger partial charge is 0.166 e. The maximum atomic E-state index is 14.7. The van der Waals surface area contributed by atoms with Crippen molar-refractivity contribution in [1.29, 1.82) is 0 Å². The normalized spacial score (nSPS) is 17.7. The number of anilines is 1. The minimum absolute atomic E-state index is 0.0534. The van der Waals surface area contributed by atoms with Gasteiger partial charge in [0.1, 0.15) is 11.6 Å². The van der Waals surface area contributed by atoms with Gasteiger partial charge in [-0.1, -0.05) is 28.1 Å². The van der Waals surface area contributed by atoms with Gasteiger partial charge in [-0.3, -0.25) is 0 Å². The van der Waals surface area contributed by atoms with Gasteiger partial charge in [0.05, 0.1) is 5.69 Å². The molecule has 0 radical (unpaired) electrons. The second kappa shape index (κ2) is 8.69. The summed E-state index contributed by atoms with van der Waals surface area (Å²) < 4.78 is 29.4. The molecule has 2 aromatic carbocycles. The van der Waals surface area contributed by atoms with Crippen molar-refractivity contribution in [3.8, 4) is 28.1 Å². The van der Waals surface area contributed by atoms with E-state index in [1.165, 1.54) is 6.07 Å². The zero-order valence-electron chi connectivity index (χ0n) is 19.1. The van der Waals surface area contributed by atoms with Gasteiger partial charge in [0.25, 0.3) is 0 Å². The molecule has 2 heterocycles. The highest BCUT2D eigenvalue weighted by Crippen LogP contribution is 2.36. The zero-order valence-corrected chi connectivity index (χ0v) is 20.7. The molecule has 7 heteroatoms. The van der Waals surface area contributed by atoms with Crippen LogP contribution in [-0.2, 0) is 0 Å². The Labute approximate surface area is 201 Å². The number of aromatic nitrogens is 1. The maximum Gasteiger partial charge on any atom is 0.166 e. The highest BCUT2D eigenvalue weighted by atomic mass is 79.9. The van der Waals surface area contributed by atoms with Crippen LogP contribution in [0, 0.1) is 11.6 Å². The van der Waals surface area contributed by atoms with Crippen molar-refractivity contribution in [3.63, 3.8) is 0 Å². The fourth-order valence-electron chi connectivity index (χ4n) is 4.97. The molecule has 33 heavy (non-hydrogen) atoms. The van der Waals surface area contributed by atoms with Gasteiger partial charge in [-0.15, -0.1) is 0 Å². The van der Waals surface area contributed by atoms with E-state index in [1.54, 1.807) is 36.4 Å². The van der Waals surface area contributed by atoms with Crippen LogP contribution in [0.5, 0.6) is 5.75 Å². The molecule has 3 aromatic rings. The summed E-state index contributed by atoms with van der Waals surface area (Å²) in [7, 11) is 0. The van der Waals surface area contributed by atoms with E-state index < -0.39 is 11.6 Å². The summed E-state index contributed by atoms with van der Waals surface area (Å²) in [5.74, 6) is -1.22. The highest BCUT2D eigenvalue weighted by Gasteiger charge is 2.37. The lowest BCUT2D eigenvalue weighted by Crippen LogP contribution is -2.60. The standard InChI is InChI=1S/C26H28BrF2N3O/c1-25(2)13-17(14-26(3,4)32-25)30-23-11-15(18-6-5-7-20(28)24(18)29)10-21(31-23)19-12-16(27)8-9-22(19)33/h5-12,17,32-33H,13-14H2,1-4H3,(H,30,31). The number of hydrogen-bond donors (Lipinski definition) is 3. The number of piperidine rings is 1. The molecule has 1 fully saturated rings. The molecule has 3 N–H and O–H groups in total. The molecule has 4 rings (SSSR count). The van der Waals surface area contributed by atoms with Crippen LogP contribution in [0.2, 0.25) is 0 Å². The van der Waals surface area contributed by atoms with E-state index in [1.807, 2.05) is 0 Å². The Morgan fingerprint density at radius 1 is 1.00 bits per heavy atom. The van der Waals surface area contributed by atoms with Crippen molar-refractivity contribution in [2.24, 2.45) is 0 Å². The molecule has 4 nitrogen and oxygen atoms in total. The van der Waals surface area contributed by atoms with Gasteiger partial charge in [0.15, 0.2) is 11.6 Å². The molecule has 0 amide bonds. The average Bonchev–Trinajstić information content (AvgIpc) is 2.69. The first-order valence-corrected chi connectivity index (χ1v) is 11.7. The van der Waals surface area contributed by atoms with Crippen LogP contribution in [0.1, 0.15) is 40.5 Å². The minimum Gasteiger partial charge on any atom is -0.507 e. The molecular weight excluding hydrogens is 488 g/mol. The first-order valence-electron chi connectivity index (χ1n) is 10.9. The number of pyridine rings is 1. The molecule has 174 valence electrons. The van der Waals surface area contributed by atoms with Crippen molar-refractivity contribution >= 4 is 21.7 Å². The number of halogens is 3. The second-order valence-corrected chi connectivity index (χ2v) is 10.9. The molecule has 1 aromatic heterocycles. The van der Waals surface area contributed by atoms with E-state index in [0.29, 0.717) is 22.6 Å². The molecule has 1 aliphatic rings. The predicted octanol–water partition coefficient (Wildman–Crippen LogP) is 6.88. The molecule has 0 unspecified atom stereocenters. The maximum absolute atomic E-state index is 14.7. The van der Waals surface area contributed by atoms with Crippen LogP contribution in [0.3, 0.4) is 0 Å². The van der Waals surface area contributed by atoms with E-state index in [2.05, 4.69) is 54.3 Å². The van der Waals surface area contributed by atoms with Gasteiger partial charge in [-0.05, 0) is 82.5 Å². The third kappa shape index (κ3) is 5.36. The van der Waals surface area contributed by atoms with E-state index in [0.717, 1.165) is 23.4 Å². The number of aromatic hydroxyl groups is 1. The number of nitrogens with zero attached hydrogens (tertiary/aromatic N) is 1. The lowest BCUT2D eigenvalue weighted by atomic mass is 9.79. The summed E-state index contributed by atoms with van der Waals surface area (Å²) in [6, 6.07) is 12.7. The Morgan fingerprint density at radius 2 is 1.70 bits per heavy atom. The molecule has 0 spiro atoms. The fraction of sp³-hybridized carbons (Fsp3) is 0.346. The van der Waals surface area contributed by atoms with Crippen LogP contribution in [0.25, 0.3) is 22.4 Å². The number of rotatable bonds is 4. The van der Waals surface area contributed by atoms with Crippen LogP contribution in [0.4, 0.5) is 14.6 Å². The van der Waals surface area contributed by atoms with Crippen molar-refractivity contribution in [3.05, 3.63) is 64.6 Å². The van der Waals surface area contributed by atoms with Gasteiger partial charge in [0.2, 0.25) is 0 Å². The molecule has 1 aliphatic heterocycles. The molecule has 0 aliphatic carbocycles. The Morgan fingerprint density at radius 3 is 2.39 bits per heavy atom. The summed E-state index contributed by atoms with van der Waals surface area (Å²) in [5, 5.41) is 17.7. The van der Waals surface area contributed by atoms with Gasteiger partial charge in [-0.25, -0.2) is 13.8 Å². The number of nitrogens with one attached hydrogen (secondary N) is 2. The van der Waals surface area contributed by atoms with Crippen LogP contribution < -0.4 is 10.6 Å². The summed E-state index contributed by atoms with van der Waals surface area (Å²) in [5.41, 5.74) is 1.43. The quantitative estimate of drug-likeness (QED) is 0.354. The third-order valence-corrected chi connectivity index (χ3v) is 6.36. The Balaban J connectivity index is 1.81. The summed E-state index contributed by atoms with van der Waals surface area (Å²) in [6.45, 7) is 8.66. The fourth-order valence-corrected chi connectivity index (χ4v) is 5.33. The Kier molecular flexibility index (Phi) is 6.22. The van der Waals surface area contributed by atoms with E-state index in [-0.39, 0.29) is 28.4 Å². The Hall–Kier alpha value is -2.51. The van der Waals surface area contributed by atoms with E-state index >= 15 is 0 Å². The number of hydrogen-bond acceptors (Lipinski definition) is 4. The topological polar surface area (TPSA) is 57.2 Å². The number of benzene rings is 2. The number of phenols is 1. The zero-order chi connectivity index (χ0) is 24.0. The SMILES string of the molecule is CC1(C)CC(Nc2cc(-c3cccc(F)c3F)cc(-c3cc(Br)ccc3O)n2)CC(C)(C)N1. The van der Waals surface area contributed by atoms with Crippen molar-refractivity contribution in [2.45, 2.75) is 57.7 Å². The Bertz CT molecular complexity index is 1160. The molecular formula is C26H28BrF2N3O. The summed E-state index contributed by atoms with van der Waals surface area (Å²) >= 11 is 3.43. The number of phenolic OH excluding ortho intramolecular Hbond substituents is 1. The van der Waals surface area contributed by atoms with E-state index in [4.69, 9.17) is 4.98 Å². The van der Waals surface area contributed by atoms with Crippen molar-refractivity contribution in [1.82, 2.24) is 10.3 Å². The molecule has 0 bridgehead atoms. The van der Waals surface area contributed by atoms with Gasteiger partial charge < -0.3 is 15.7 Å². The van der Waals surface area contributed by atoms with Gasteiger partial charge >= 0.3 is 0 Å². The largest absolute Gasteiger partial charge is 0.507 e. The van der Waals surface area contributed by atoms with Crippen LogP contribution in [-0.4, -0.2) is 27.2 Å². The highest BCUT2D eigenvalue weighted by molar-refractivity contribution is 9.10. The van der Waals surface area contributed by atoms with Crippen LogP contribution in [0.15, 0.2) is 53.0 Å². The predicted molar refractivity (Wildman–Crippen MR) is 132 cm³/mol. The van der Waals surface area contributed by atoms with Crippen molar-refractivity contribution in [2.75, 3.05) is 5.32 Å². The summed E-state index contributed by atoms with van der Waals surface area (Å²) in [6.07, 6.45) is 1.74. The summed E-state index contributed by atoms with van der Waals surface area (Å²) in [4.78, 5) is 4.74. The second-order valence-electron chi connectivity index (χ2n) is 10.0. The monoisotopic (exact) mass is 515 g/mol.